The third-order valence-electron chi connectivity index (χ3n) is 2.93. The summed E-state index contributed by atoms with van der Waals surface area (Å²) in [5.74, 6) is -0.208. The van der Waals surface area contributed by atoms with E-state index in [2.05, 4.69) is 5.32 Å². The van der Waals surface area contributed by atoms with Crippen LogP contribution >= 0.6 is 0 Å². The van der Waals surface area contributed by atoms with Crippen LogP contribution < -0.4 is 5.32 Å². The maximum Gasteiger partial charge on any atom is 0.269 e. The van der Waals surface area contributed by atoms with Crippen LogP contribution in [-0.2, 0) is 17.8 Å². The maximum atomic E-state index is 11.9. The van der Waals surface area contributed by atoms with Gasteiger partial charge in [-0.1, -0.05) is 24.3 Å². The van der Waals surface area contributed by atoms with Gasteiger partial charge in [0.15, 0.2) is 0 Å². The van der Waals surface area contributed by atoms with Crippen molar-refractivity contribution >= 4 is 17.3 Å². The van der Waals surface area contributed by atoms with Crippen molar-refractivity contribution in [2.24, 2.45) is 0 Å². The highest BCUT2D eigenvalue weighted by atomic mass is 16.6. The summed E-state index contributed by atoms with van der Waals surface area (Å²) >= 11 is 0. The molecule has 2 rings (SSSR count). The molecule has 6 heteroatoms. The van der Waals surface area contributed by atoms with E-state index in [9.17, 15) is 14.9 Å². The molecule has 6 nitrogen and oxygen atoms in total. The number of nitro benzene ring substituents is 1. The number of aliphatic hydroxyl groups excluding tert-OH is 1. The lowest BCUT2D eigenvalue weighted by atomic mass is 10.1. The zero-order chi connectivity index (χ0) is 15.2. The van der Waals surface area contributed by atoms with Gasteiger partial charge in [0.2, 0.25) is 5.91 Å². The molecule has 0 spiro atoms. The van der Waals surface area contributed by atoms with Gasteiger partial charge in [0, 0.05) is 17.8 Å². The van der Waals surface area contributed by atoms with Crippen molar-refractivity contribution < 1.29 is 14.8 Å². The zero-order valence-electron chi connectivity index (χ0n) is 11.2. The molecule has 0 atom stereocenters. The van der Waals surface area contributed by atoms with Gasteiger partial charge >= 0.3 is 0 Å². The first-order valence-corrected chi connectivity index (χ1v) is 6.31. The third-order valence-corrected chi connectivity index (χ3v) is 2.93. The van der Waals surface area contributed by atoms with Crippen molar-refractivity contribution in [1.29, 1.82) is 0 Å². The number of carbonyl (C=O) groups is 1. The number of amides is 1. The molecule has 108 valence electrons. The number of hydrogen-bond acceptors (Lipinski definition) is 4. The molecule has 0 unspecified atom stereocenters. The molecular weight excluding hydrogens is 272 g/mol. The summed E-state index contributed by atoms with van der Waals surface area (Å²) in [6.07, 6.45) is 0.139. The number of non-ortho nitro benzene ring substituents is 1. The Morgan fingerprint density at radius 3 is 2.14 bits per heavy atom. The molecule has 2 N–H and O–H groups in total. The lowest BCUT2D eigenvalue weighted by Gasteiger charge is -2.06. The number of hydrogen-bond donors (Lipinski definition) is 2. The lowest BCUT2D eigenvalue weighted by Crippen LogP contribution is -2.14. The van der Waals surface area contributed by atoms with E-state index < -0.39 is 4.92 Å². The minimum Gasteiger partial charge on any atom is -0.392 e. The molecule has 1 amide bonds. The molecule has 0 heterocycles. The maximum absolute atomic E-state index is 11.9. The Balaban J connectivity index is 1.95. The van der Waals surface area contributed by atoms with E-state index in [1.54, 1.807) is 36.4 Å². The van der Waals surface area contributed by atoms with Crippen LogP contribution in [0.25, 0.3) is 0 Å². The Kier molecular flexibility index (Phi) is 4.63. The molecule has 0 bridgehead atoms. The van der Waals surface area contributed by atoms with Crippen molar-refractivity contribution in [1.82, 2.24) is 0 Å². The van der Waals surface area contributed by atoms with Crippen molar-refractivity contribution in [3.05, 3.63) is 69.8 Å². The number of nitrogens with zero attached hydrogens (tertiary/aromatic N) is 1. The average molecular weight is 286 g/mol. The van der Waals surface area contributed by atoms with Gasteiger partial charge in [0.1, 0.15) is 0 Å². The van der Waals surface area contributed by atoms with Crippen LogP contribution in [0, 0.1) is 10.1 Å². The first-order chi connectivity index (χ1) is 10.1. The zero-order valence-corrected chi connectivity index (χ0v) is 11.2. The predicted molar refractivity (Wildman–Crippen MR) is 77.8 cm³/mol. The fraction of sp³-hybridized carbons (Fsp3) is 0.133. The van der Waals surface area contributed by atoms with E-state index >= 15 is 0 Å². The second-order valence-corrected chi connectivity index (χ2v) is 4.50. The molecule has 2 aromatic rings. The van der Waals surface area contributed by atoms with Crippen LogP contribution in [0.15, 0.2) is 48.5 Å². The summed E-state index contributed by atoms with van der Waals surface area (Å²) in [6.45, 7) is -0.0446. The van der Waals surface area contributed by atoms with Crippen LogP contribution in [-0.4, -0.2) is 15.9 Å². The van der Waals surface area contributed by atoms with Gasteiger partial charge in [-0.05, 0) is 23.3 Å². The first kappa shape index (κ1) is 14.7. The minimum absolute atomic E-state index is 0.00116. The number of nitro groups is 1. The number of aliphatic hydroxyl groups is 1. The Bertz CT molecular complexity index is 636. The monoisotopic (exact) mass is 286 g/mol. The van der Waals surface area contributed by atoms with Crippen LogP contribution in [0.1, 0.15) is 11.1 Å². The van der Waals surface area contributed by atoms with E-state index in [0.717, 1.165) is 5.56 Å². The fourth-order valence-corrected chi connectivity index (χ4v) is 1.82. The number of nitrogens with one attached hydrogen (secondary N) is 1. The summed E-state index contributed by atoms with van der Waals surface area (Å²) in [4.78, 5) is 21.9. The fourth-order valence-electron chi connectivity index (χ4n) is 1.82. The Labute approximate surface area is 121 Å². The summed E-state index contributed by atoms with van der Waals surface area (Å²) < 4.78 is 0. The van der Waals surface area contributed by atoms with E-state index in [0.29, 0.717) is 11.3 Å². The molecule has 0 fully saturated rings. The Hall–Kier alpha value is -2.73. The summed E-state index contributed by atoms with van der Waals surface area (Å²) in [6, 6.07) is 12.7. The first-order valence-electron chi connectivity index (χ1n) is 6.31. The van der Waals surface area contributed by atoms with Crippen LogP contribution in [0.4, 0.5) is 11.4 Å². The highest BCUT2D eigenvalue weighted by Gasteiger charge is 2.07. The molecule has 0 saturated heterocycles. The lowest BCUT2D eigenvalue weighted by molar-refractivity contribution is -0.384. The van der Waals surface area contributed by atoms with Crippen molar-refractivity contribution in [2.45, 2.75) is 13.0 Å². The van der Waals surface area contributed by atoms with Crippen LogP contribution in [0.2, 0.25) is 0 Å². The van der Waals surface area contributed by atoms with Crippen molar-refractivity contribution in [3.8, 4) is 0 Å². The van der Waals surface area contributed by atoms with Gasteiger partial charge in [-0.25, -0.2) is 0 Å². The molecule has 0 aromatic heterocycles. The topological polar surface area (TPSA) is 92.5 Å². The second kappa shape index (κ2) is 6.62. The van der Waals surface area contributed by atoms with Crippen LogP contribution in [0.3, 0.4) is 0 Å². The summed E-state index contributed by atoms with van der Waals surface area (Å²) in [7, 11) is 0. The van der Waals surface area contributed by atoms with Gasteiger partial charge in [-0.2, -0.15) is 0 Å². The van der Waals surface area contributed by atoms with Crippen LogP contribution in [0.5, 0.6) is 0 Å². The summed E-state index contributed by atoms with van der Waals surface area (Å²) in [5.41, 5.74) is 2.10. The number of anilines is 1. The van der Waals surface area contributed by atoms with Gasteiger partial charge < -0.3 is 10.4 Å². The standard InChI is InChI=1S/C15H14N2O4/c18-10-12-1-5-13(6-2-12)16-15(19)9-11-3-7-14(8-4-11)17(20)21/h1-8,18H,9-10H2,(H,16,19). The van der Waals surface area contributed by atoms with E-state index in [1.807, 2.05) is 0 Å². The van der Waals surface area contributed by atoms with Crippen molar-refractivity contribution in [3.63, 3.8) is 0 Å². The molecular formula is C15H14N2O4. The van der Waals surface area contributed by atoms with E-state index in [1.165, 1.54) is 12.1 Å². The normalized spacial score (nSPS) is 10.1. The molecule has 0 radical (unpaired) electrons. The minimum atomic E-state index is -0.480. The number of benzene rings is 2. The van der Waals surface area contributed by atoms with Gasteiger partial charge in [-0.3, -0.25) is 14.9 Å². The smallest absolute Gasteiger partial charge is 0.269 e. The molecule has 21 heavy (non-hydrogen) atoms. The molecule has 0 aliphatic rings. The van der Waals surface area contributed by atoms with E-state index in [-0.39, 0.29) is 24.6 Å². The number of rotatable bonds is 5. The summed E-state index contributed by atoms with van der Waals surface area (Å²) in [5, 5.41) is 22.2. The largest absolute Gasteiger partial charge is 0.392 e. The van der Waals surface area contributed by atoms with E-state index in [4.69, 9.17) is 5.11 Å². The second-order valence-electron chi connectivity index (χ2n) is 4.50. The number of carbonyl (C=O) groups excluding carboxylic acids is 1. The highest BCUT2D eigenvalue weighted by molar-refractivity contribution is 5.92. The van der Waals surface area contributed by atoms with Crippen molar-refractivity contribution in [2.75, 3.05) is 5.32 Å². The van der Waals surface area contributed by atoms with Gasteiger partial charge in [-0.15, -0.1) is 0 Å². The van der Waals surface area contributed by atoms with Gasteiger partial charge in [0.25, 0.3) is 5.69 Å². The Morgan fingerprint density at radius 1 is 1.05 bits per heavy atom. The van der Waals surface area contributed by atoms with Gasteiger partial charge in [0.05, 0.1) is 18.0 Å². The highest BCUT2D eigenvalue weighted by Crippen LogP contribution is 2.14. The average Bonchev–Trinajstić information content (AvgIpc) is 2.48. The Morgan fingerprint density at radius 2 is 1.62 bits per heavy atom. The molecule has 2 aromatic carbocycles. The molecule has 0 aliphatic carbocycles. The molecule has 0 saturated carbocycles. The molecule has 0 aliphatic heterocycles. The quantitative estimate of drug-likeness (QED) is 0.651. The SMILES string of the molecule is O=C(Cc1ccc([N+](=O)[O-])cc1)Nc1ccc(CO)cc1. The third kappa shape index (κ3) is 4.12. The predicted octanol–water partition coefficient (Wildman–Crippen LogP) is 2.27.